The number of hydrogen-bond donors (Lipinski definition) is 18. The highest BCUT2D eigenvalue weighted by atomic mass is 16.8. The molecule has 86 heavy (non-hydrogen) atoms. The minimum Gasteiger partial charge on any atom is -0.461 e. The highest BCUT2D eigenvalue weighted by molar-refractivity contribution is 5.78. The van der Waals surface area contributed by atoms with Crippen molar-refractivity contribution in [3.05, 3.63) is 0 Å². The van der Waals surface area contributed by atoms with Gasteiger partial charge < -0.3 is 122 Å². The van der Waals surface area contributed by atoms with Crippen molar-refractivity contribution in [2.45, 2.75) is 241 Å². The van der Waals surface area contributed by atoms with Gasteiger partial charge in [0.1, 0.15) is 103 Å². The second-order valence-electron chi connectivity index (χ2n) is 19.6. The molecule has 4 rings (SSSR count). The lowest BCUT2D eigenvalue weighted by atomic mass is 9.94. The Labute approximate surface area is 507 Å². The maximum absolute atomic E-state index is 12.1. The van der Waals surface area contributed by atoms with Gasteiger partial charge in [-0.05, 0) is 62.8 Å². The Morgan fingerprint density at radius 3 is 1.13 bits per heavy atom. The first kappa shape index (κ1) is 79.0. The molecule has 26 heteroatoms. The molecule has 20 N–H and O–H groups in total. The lowest BCUT2D eigenvalue weighted by molar-refractivity contribution is -0.375. The SMILES string of the molecule is C#CCCCCC(=O)CCC1O[C@H](O[C@H]2OC(CO)[C@@H](O)C(O)[C@H]2O)C(O)[C@@H](O)[C@@H]1O.CCCCCCC(=O)CCC1O[C@H](O[C@H]2OC(CO)[C@@H](O)C(O)[C@H]2O)C(O)[C@@H](O)[C@@H]1O.CN.CO.[3H]C(C)(C)C#CC#CC#CN.[3H]C(C)(C)C#CC#CC#CO. The zero-order valence-electron chi connectivity index (χ0n) is 51.8. The zero-order valence-corrected chi connectivity index (χ0v) is 49.8. The number of nitrogens with two attached hydrogens (primary N) is 2. The molecule has 0 aromatic rings. The van der Waals surface area contributed by atoms with Gasteiger partial charge in [-0.2, -0.15) is 0 Å². The van der Waals surface area contributed by atoms with Crippen molar-refractivity contribution < 1.29 is 122 Å². The summed E-state index contributed by atoms with van der Waals surface area (Å²) in [5, 5.41) is 154. The van der Waals surface area contributed by atoms with Gasteiger partial charge in [0.2, 0.25) is 0 Å². The maximum Gasteiger partial charge on any atom is 0.189 e. The lowest BCUT2D eigenvalue weighted by Gasteiger charge is -2.44. The smallest absolute Gasteiger partial charge is 0.189 e. The van der Waals surface area contributed by atoms with Crippen LogP contribution in [0, 0.1) is 95.5 Å². The first-order chi connectivity index (χ1) is 41.5. The highest BCUT2D eigenvalue weighted by Gasteiger charge is 2.51. The summed E-state index contributed by atoms with van der Waals surface area (Å²) in [6, 6.07) is 2.13. The van der Waals surface area contributed by atoms with Crippen LogP contribution in [0.2, 0.25) is 0 Å². The number of Topliss-reactive ketones (excluding diaryl/α,β-unsaturated/α-hetero) is 2. The maximum atomic E-state index is 12.1. The number of hydrogen-bond acceptors (Lipinski definition) is 26. The number of aliphatic hydroxyl groups excluding tert-OH is 16. The Hall–Kier alpha value is -5.02. The van der Waals surface area contributed by atoms with Crippen molar-refractivity contribution in [3.63, 3.8) is 0 Å². The minimum absolute atomic E-state index is 0.00100. The largest absolute Gasteiger partial charge is 0.461 e. The Morgan fingerprint density at radius 2 is 0.814 bits per heavy atom. The molecular weight excluding hydrogens is 1130 g/mol. The molecule has 4 heterocycles. The standard InChI is InChI=1S/C20H36O11.C20H32O11.C9H9N.C9H8O.CH5N.CH4O/c2*1-2-3-4-5-6-10(22)7-8-11-13(23)15(25)17(27)19(29-11)31-20-18(28)16(26)14(24)12(9-21)30-20;2*1-9(2)7-5-3-4-6-8-10;2*1-2/h11-21,23-28H,2-9H2,1H3;1,11-21,23-28H,3-9H2;9H,10H2,1-2H3;9-10H,1-2H3;2H2,1H3;2H,1H3/t2*11?,12?,13-,14-,15+,16?,17?,18-,19-,20-;;;;/m11..../s1/i;;2*9T;;. The summed E-state index contributed by atoms with van der Waals surface area (Å²) in [5.41, 5.74) is 9.35. The number of unbranched alkanes of at least 4 members (excludes halogenated alkanes) is 5. The number of ether oxygens (including phenoxy) is 6. The summed E-state index contributed by atoms with van der Waals surface area (Å²) < 4.78 is 46.8. The van der Waals surface area contributed by atoms with Crippen LogP contribution in [0.1, 0.15) is 121 Å². The van der Waals surface area contributed by atoms with Crippen LogP contribution in [-0.4, -0.2) is 243 Å². The zero-order chi connectivity index (χ0) is 67.7. The molecule has 0 aliphatic carbocycles. The molecule has 4 aliphatic rings. The third kappa shape index (κ3) is 31.8. The fourth-order valence-corrected chi connectivity index (χ4v) is 7.82. The van der Waals surface area contributed by atoms with Crippen molar-refractivity contribution >= 4 is 11.6 Å². The molecule has 0 radical (unpaired) electrons. The van der Waals surface area contributed by atoms with E-state index in [0.717, 1.165) is 39.2 Å². The van der Waals surface area contributed by atoms with E-state index in [1.807, 2.05) is 0 Å². The highest BCUT2D eigenvalue weighted by Crippen LogP contribution is 2.32. The van der Waals surface area contributed by atoms with Gasteiger partial charge in [0.25, 0.3) is 0 Å². The van der Waals surface area contributed by atoms with Crippen molar-refractivity contribution in [3.8, 4) is 83.7 Å². The number of carbonyl (C=O) groups excluding carboxylic acids is 2. The van der Waals surface area contributed by atoms with Crippen LogP contribution in [0.4, 0.5) is 0 Å². The van der Waals surface area contributed by atoms with E-state index in [2.05, 4.69) is 83.8 Å². The van der Waals surface area contributed by atoms with Crippen LogP contribution >= 0.6 is 0 Å². The second-order valence-corrected chi connectivity index (χ2v) is 19.6. The van der Waals surface area contributed by atoms with E-state index in [0.29, 0.717) is 25.7 Å². The number of terminal acetylenes is 1. The molecule has 20 atom stereocenters. The van der Waals surface area contributed by atoms with Crippen molar-refractivity contribution in [1.82, 2.24) is 0 Å². The molecule has 0 saturated carbocycles. The van der Waals surface area contributed by atoms with E-state index in [1.165, 1.54) is 7.05 Å². The van der Waals surface area contributed by atoms with Gasteiger partial charge >= 0.3 is 0 Å². The molecule has 0 aromatic carbocycles. The third-order valence-corrected chi connectivity index (χ3v) is 12.4. The molecule has 488 valence electrons. The Bertz CT molecular complexity index is 2340. The molecule has 26 nitrogen and oxygen atoms in total. The molecule has 0 aromatic heterocycles. The molecule has 4 saturated heterocycles. The fraction of sp³-hybridized carbons (Fsp3) is 0.733. The molecule has 4 fully saturated rings. The molecule has 0 bridgehead atoms. The lowest BCUT2D eigenvalue weighted by Crippen LogP contribution is -2.63. The number of ketones is 2. The quantitative estimate of drug-likeness (QED) is 0.0294. The van der Waals surface area contributed by atoms with E-state index in [9.17, 15) is 81.1 Å². The van der Waals surface area contributed by atoms with Crippen molar-refractivity contribution in [2.24, 2.45) is 23.3 Å². The van der Waals surface area contributed by atoms with Crippen LogP contribution in [-0.2, 0) is 38.0 Å². The summed E-state index contributed by atoms with van der Waals surface area (Å²) in [4.78, 5) is 24.1. The van der Waals surface area contributed by atoms with Crippen LogP contribution in [0.25, 0.3) is 0 Å². The average molecular weight is 1230 g/mol. The van der Waals surface area contributed by atoms with Gasteiger partial charge in [-0.3, -0.25) is 9.59 Å². The van der Waals surface area contributed by atoms with Crippen molar-refractivity contribution in [1.29, 1.82) is 0 Å². The Balaban J connectivity index is 0. The number of rotatable bonds is 21. The first-order valence-corrected chi connectivity index (χ1v) is 27.7. The van der Waals surface area contributed by atoms with Gasteiger partial charge in [0, 0.05) is 83.5 Å². The van der Waals surface area contributed by atoms with Gasteiger partial charge in [0.15, 0.2) is 25.2 Å². The van der Waals surface area contributed by atoms with Gasteiger partial charge in [-0.25, -0.2) is 0 Å². The van der Waals surface area contributed by atoms with Gasteiger partial charge in [-0.15, -0.1) is 12.3 Å². The van der Waals surface area contributed by atoms with Crippen LogP contribution in [0.3, 0.4) is 0 Å². The summed E-state index contributed by atoms with van der Waals surface area (Å²) >= 11 is 0. The first-order valence-electron chi connectivity index (χ1n) is 28.7. The number of carbonyl (C=O) groups is 2. The Morgan fingerprint density at radius 1 is 0.488 bits per heavy atom. The van der Waals surface area contributed by atoms with E-state index < -0.39 is 148 Å². The second kappa shape index (κ2) is 48.9. The molecule has 0 amide bonds. The van der Waals surface area contributed by atoms with E-state index in [4.69, 9.17) is 53.5 Å². The average Bonchev–Trinajstić information content (AvgIpc) is 3.40. The van der Waals surface area contributed by atoms with Crippen molar-refractivity contribution in [2.75, 3.05) is 27.4 Å². The third-order valence-electron chi connectivity index (χ3n) is 12.4. The Kier molecular flexibility index (Phi) is 44.9. The summed E-state index contributed by atoms with van der Waals surface area (Å²) in [6.45, 7) is 7.45. The number of aliphatic hydroxyl groups is 16. The van der Waals surface area contributed by atoms with E-state index in [-0.39, 0.29) is 37.2 Å². The van der Waals surface area contributed by atoms with Gasteiger partial charge in [0.05, 0.1) is 25.4 Å². The summed E-state index contributed by atoms with van der Waals surface area (Å²) in [6.07, 6.45) is -16.9. The van der Waals surface area contributed by atoms with Crippen LogP contribution in [0.15, 0.2) is 0 Å². The summed E-state index contributed by atoms with van der Waals surface area (Å²) in [5.74, 6) is 25.0. The van der Waals surface area contributed by atoms with Crippen LogP contribution < -0.4 is 11.5 Å². The van der Waals surface area contributed by atoms with E-state index >= 15 is 0 Å². The molecule has 4 aliphatic heterocycles. The molecule has 0 spiro atoms. The fourth-order valence-electron chi connectivity index (χ4n) is 7.82. The monoisotopic (exact) mass is 1230 g/mol. The van der Waals surface area contributed by atoms with E-state index in [1.54, 1.807) is 33.8 Å². The van der Waals surface area contributed by atoms with Crippen LogP contribution in [0.5, 0.6) is 0 Å². The predicted octanol–water partition coefficient (Wildman–Crippen LogP) is -4.18. The topological polar surface area (TPSA) is 465 Å². The normalized spacial score (nSPS) is 31.7. The van der Waals surface area contributed by atoms with Gasteiger partial charge in [-0.1, -0.05) is 65.7 Å². The minimum atomic E-state index is -1.74. The molecule has 8 unspecified atom stereocenters. The molecular formula is C60H94N2O24. The predicted molar refractivity (Wildman–Crippen MR) is 308 cm³/mol. The summed E-state index contributed by atoms with van der Waals surface area (Å²) in [7, 11) is 2.50.